The van der Waals surface area contributed by atoms with Crippen LogP contribution < -0.4 is 0 Å². The van der Waals surface area contributed by atoms with Crippen LogP contribution in [0.15, 0.2) is 79.9 Å². The Hall–Kier alpha value is -2.87. The zero-order valence-corrected chi connectivity index (χ0v) is 14.7. The van der Waals surface area contributed by atoms with E-state index in [1.807, 2.05) is 44.2 Å². The zero-order valence-electron chi connectivity index (χ0n) is 14.7. The number of rotatable bonds is 3. The average molecular weight is 316 g/mol. The van der Waals surface area contributed by atoms with Gasteiger partial charge in [-0.2, -0.15) is 0 Å². The van der Waals surface area contributed by atoms with Crippen molar-refractivity contribution in [2.45, 2.75) is 20.8 Å². The molecule has 3 rings (SSSR count). The molecule has 0 aliphatic heterocycles. The van der Waals surface area contributed by atoms with Crippen molar-refractivity contribution in [2.75, 3.05) is 0 Å². The van der Waals surface area contributed by atoms with E-state index in [1.54, 1.807) is 6.08 Å². The molecule has 122 valence electrons. The molecule has 0 fully saturated rings. The van der Waals surface area contributed by atoms with Crippen molar-refractivity contribution in [2.24, 2.45) is 0 Å². The van der Waals surface area contributed by atoms with Crippen LogP contribution in [0.4, 0.5) is 0 Å². The number of para-hydroxylation sites is 1. The molecule has 24 heavy (non-hydrogen) atoms. The highest BCUT2D eigenvalue weighted by molar-refractivity contribution is 5.83. The molecular weight excluding hydrogens is 292 g/mol. The van der Waals surface area contributed by atoms with Crippen molar-refractivity contribution >= 4 is 16.6 Å². The maximum atomic E-state index is 4.70. The summed E-state index contributed by atoms with van der Waals surface area (Å²) in [6.45, 7) is 13.1. The quantitative estimate of drug-likeness (QED) is 0.421. The summed E-state index contributed by atoms with van der Waals surface area (Å²) in [5.41, 5.74) is 5.67. The minimum absolute atomic E-state index is 0.999. The second-order valence-corrected chi connectivity index (χ2v) is 5.53. The zero-order chi connectivity index (χ0) is 17.5. The molecule has 0 saturated carbocycles. The number of benzene rings is 2. The van der Waals surface area contributed by atoms with E-state index in [4.69, 9.17) is 4.98 Å². The third-order valence-corrected chi connectivity index (χ3v) is 3.66. The standard InChI is InChI=1S/C19H18N2.C3H6/c1-4-8-14(2)16-11-12-19-18(13-16)20-15(3)21(19)17-9-6-5-7-10-17;1-3-2/h4-13H,1H2,2-3H3;3H,1H2,2H3/b14-8+;. The third kappa shape index (κ3) is 3.72. The number of hydrogen-bond donors (Lipinski definition) is 0. The topological polar surface area (TPSA) is 17.8 Å². The van der Waals surface area contributed by atoms with E-state index in [1.165, 1.54) is 11.1 Å². The highest BCUT2D eigenvalue weighted by Gasteiger charge is 2.09. The van der Waals surface area contributed by atoms with E-state index < -0.39 is 0 Å². The first-order valence-corrected chi connectivity index (χ1v) is 8.03. The monoisotopic (exact) mass is 316 g/mol. The minimum atomic E-state index is 0.999. The van der Waals surface area contributed by atoms with Crippen molar-refractivity contribution in [1.82, 2.24) is 9.55 Å². The van der Waals surface area contributed by atoms with E-state index in [0.29, 0.717) is 0 Å². The Morgan fingerprint density at radius 2 is 1.75 bits per heavy atom. The van der Waals surface area contributed by atoms with Gasteiger partial charge in [-0.3, -0.25) is 4.57 Å². The fraction of sp³-hybridized carbons (Fsp3) is 0.136. The number of nitrogens with zero attached hydrogens (tertiary/aromatic N) is 2. The normalized spacial score (nSPS) is 10.9. The predicted molar refractivity (Wildman–Crippen MR) is 106 cm³/mol. The van der Waals surface area contributed by atoms with E-state index >= 15 is 0 Å². The molecule has 0 amide bonds. The molecule has 0 N–H and O–H groups in total. The van der Waals surface area contributed by atoms with Gasteiger partial charge in [0.1, 0.15) is 5.82 Å². The lowest BCUT2D eigenvalue weighted by Gasteiger charge is -2.07. The fourth-order valence-corrected chi connectivity index (χ4v) is 2.62. The summed E-state index contributed by atoms with van der Waals surface area (Å²) < 4.78 is 2.19. The highest BCUT2D eigenvalue weighted by Crippen LogP contribution is 2.24. The molecule has 0 bridgehead atoms. The van der Waals surface area contributed by atoms with Crippen molar-refractivity contribution in [3.05, 3.63) is 91.3 Å². The van der Waals surface area contributed by atoms with Gasteiger partial charge in [0, 0.05) is 5.69 Å². The lowest BCUT2D eigenvalue weighted by atomic mass is 10.1. The number of aromatic nitrogens is 2. The Morgan fingerprint density at radius 1 is 1.08 bits per heavy atom. The predicted octanol–water partition coefficient (Wildman–Crippen LogP) is 6.12. The third-order valence-electron chi connectivity index (χ3n) is 3.66. The number of fused-ring (bicyclic) bond motifs is 1. The van der Waals surface area contributed by atoms with Crippen LogP contribution in [0.3, 0.4) is 0 Å². The van der Waals surface area contributed by atoms with Crippen LogP contribution in [0.25, 0.3) is 22.3 Å². The molecule has 1 aromatic heterocycles. The highest BCUT2D eigenvalue weighted by atomic mass is 15.1. The second-order valence-electron chi connectivity index (χ2n) is 5.53. The van der Waals surface area contributed by atoms with Crippen molar-refractivity contribution in [3.63, 3.8) is 0 Å². The SMILES string of the molecule is C=C/C=C(\C)c1ccc2c(c1)nc(C)n2-c1ccccc1.C=CC. The first-order chi connectivity index (χ1) is 11.6. The summed E-state index contributed by atoms with van der Waals surface area (Å²) in [6, 6.07) is 16.7. The Kier molecular flexibility index (Phi) is 5.91. The Bertz CT molecular complexity index is 868. The summed E-state index contributed by atoms with van der Waals surface area (Å²) in [4.78, 5) is 4.70. The Balaban J connectivity index is 0.000000647. The number of aryl methyl sites for hydroxylation is 1. The van der Waals surface area contributed by atoms with Gasteiger partial charge in [0.15, 0.2) is 0 Å². The van der Waals surface area contributed by atoms with Gasteiger partial charge in [-0.1, -0.05) is 49.1 Å². The van der Waals surface area contributed by atoms with Crippen LogP contribution in [-0.4, -0.2) is 9.55 Å². The fourth-order valence-electron chi connectivity index (χ4n) is 2.62. The summed E-state index contributed by atoms with van der Waals surface area (Å²) >= 11 is 0. The molecular formula is C22H24N2. The van der Waals surface area contributed by atoms with Crippen molar-refractivity contribution in [3.8, 4) is 5.69 Å². The molecule has 0 atom stereocenters. The van der Waals surface area contributed by atoms with Crippen LogP contribution >= 0.6 is 0 Å². The molecule has 0 unspecified atom stereocenters. The van der Waals surface area contributed by atoms with Crippen LogP contribution in [0.5, 0.6) is 0 Å². The molecule has 0 aliphatic carbocycles. The summed E-state index contributed by atoms with van der Waals surface area (Å²) in [5, 5.41) is 0. The number of hydrogen-bond acceptors (Lipinski definition) is 1. The first kappa shape index (κ1) is 17.5. The summed E-state index contributed by atoms with van der Waals surface area (Å²) in [7, 11) is 0. The summed E-state index contributed by atoms with van der Waals surface area (Å²) in [5.74, 6) is 0.999. The van der Waals surface area contributed by atoms with Crippen LogP contribution in [-0.2, 0) is 0 Å². The van der Waals surface area contributed by atoms with Gasteiger partial charge in [0.25, 0.3) is 0 Å². The molecule has 2 nitrogen and oxygen atoms in total. The van der Waals surface area contributed by atoms with Crippen molar-refractivity contribution in [1.29, 1.82) is 0 Å². The Morgan fingerprint density at radius 3 is 2.38 bits per heavy atom. The Labute approximate surface area is 144 Å². The van der Waals surface area contributed by atoms with E-state index in [9.17, 15) is 0 Å². The van der Waals surface area contributed by atoms with E-state index in [0.717, 1.165) is 22.5 Å². The lowest BCUT2D eigenvalue weighted by molar-refractivity contribution is 1.00. The molecule has 0 saturated heterocycles. The van der Waals surface area contributed by atoms with Gasteiger partial charge in [0.2, 0.25) is 0 Å². The first-order valence-electron chi connectivity index (χ1n) is 8.03. The molecule has 1 heterocycles. The van der Waals surface area contributed by atoms with Gasteiger partial charge < -0.3 is 0 Å². The van der Waals surface area contributed by atoms with Gasteiger partial charge in [-0.15, -0.1) is 6.58 Å². The molecule has 3 aromatic rings. The lowest BCUT2D eigenvalue weighted by Crippen LogP contribution is -1.96. The smallest absolute Gasteiger partial charge is 0.111 e. The molecule has 0 spiro atoms. The van der Waals surface area contributed by atoms with Gasteiger partial charge >= 0.3 is 0 Å². The van der Waals surface area contributed by atoms with Gasteiger partial charge in [-0.05, 0) is 56.2 Å². The van der Waals surface area contributed by atoms with Gasteiger partial charge in [0.05, 0.1) is 11.0 Å². The van der Waals surface area contributed by atoms with Crippen LogP contribution in [0.1, 0.15) is 25.2 Å². The number of imidazole rings is 1. The van der Waals surface area contributed by atoms with Crippen LogP contribution in [0, 0.1) is 6.92 Å². The largest absolute Gasteiger partial charge is 0.297 e. The minimum Gasteiger partial charge on any atom is -0.297 e. The van der Waals surface area contributed by atoms with E-state index in [2.05, 4.69) is 55.0 Å². The second kappa shape index (κ2) is 8.11. The van der Waals surface area contributed by atoms with Gasteiger partial charge in [-0.25, -0.2) is 4.98 Å². The number of allylic oxidation sites excluding steroid dienone is 4. The molecule has 2 heteroatoms. The summed E-state index contributed by atoms with van der Waals surface area (Å²) in [6.07, 6.45) is 5.58. The van der Waals surface area contributed by atoms with E-state index in [-0.39, 0.29) is 0 Å². The maximum absolute atomic E-state index is 4.70. The van der Waals surface area contributed by atoms with Crippen LogP contribution in [0.2, 0.25) is 0 Å². The average Bonchev–Trinajstić information content (AvgIpc) is 2.91. The molecule has 2 aromatic carbocycles. The molecule has 0 aliphatic rings. The molecule has 0 radical (unpaired) electrons. The maximum Gasteiger partial charge on any atom is 0.111 e. The van der Waals surface area contributed by atoms with Crippen molar-refractivity contribution < 1.29 is 0 Å².